The van der Waals surface area contributed by atoms with Crippen LogP contribution in [-0.4, -0.2) is 17.3 Å². The second-order valence-corrected chi connectivity index (χ2v) is 5.02. The van der Waals surface area contributed by atoms with Gasteiger partial charge >= 0.3 is 0 Å². The van der Waals surface area contributed by atoms with Gasteiger partial charge in [-0.2, -0.15) is 0 Å². The zero-order valence-corrected chi connectivity index (χ0v) is 10.8. The van der Waals surface area contributed by atoms with Gasteiger partial charge in [0, 0.05) is 5.56 Å². The molecule has 1 saturated carbocycles. The minimum atomic E-state index is -0.330. The van der Waals surface area contributed by atoms with Crippen molar-refractivity contribution in [3.05, 3.63) is 54.6 Å². The number of ether oxygens (including phenoxy) is 1. The lowest BCUT2D eigenvalue weighted by atomic mass is 10.0. The maximum Gasteiger partial charge on any atom is 0.127 e. The Hall–Kier alpha value is -1.80. The first kappa shape index (κ1) is 12.2. The molecule has 0 spiro atoms. The van der Waals surface area contributed by atoms with Gasteiger partial charge in [0.15, 0.2) is 0 Å². The number of hydrogen-bond acceptors (Lipinski definition) is 2. The normalized spacial score (nSPS) is 22.4. The third kappa shape index (κ3) is 2.64. The Balaban J connectivity index is 1.89. The van der Waals surface area contributed by atoms with E-state index in [2.05, 4.69) is 18.2 Å². The molecule has 0 saturated heterocycles. The van der Waals surface area contributed by atoms with E-state index in [9.17, 15) is 5.11 Å². The standard InChI is InChI=1S/C17H18O2/c18-15-10-6-12-17(15)19-16-11-5-4-9-14(16)13-7-2-1-3-8-13/h1-5,7-9,11,15,17-18H,6,10,12H2. The molecular weight excluding hydrogens is 236 g/mol. The highest BCUT2D eigenvalue weighted by atomic mass is 16.5. The number of para-hydroxylation sites is 1. The van der Waals surface area contributed by atoms with Gasteiger partial charge in [-0.1, -0.05) is 48.5 Å². The summed E-state index contributed by atoms with van der Waals surface area (Å²) in [7, 11) is 0. The molecule has 0 amide bonds. The van der Waals surface area contributed by atoms with Crippen LogP contribution in [0.5, 0.6) is 5.75 Å². The van der Waals surface area contributed by atoms with E-state index in [1.165, 1.54) is 0 Å². The predicted molar refractivity (Wildman–Crippen MR) is 76.2 cm³/mol. The first-order valence-corrected chi connectivity index (χ1v) is 6.84. The second kappa shape index (κ2) is 5.45. The first-order valence-electron chi connectivity index (χ1n) is 6.84. The van der Waals surface area contributed by atoms with Crippen LogP contribution in [0.2, 0.25) is 0 Å². The summed E-state index contributed by atoms with van der Waals surface area (Å²) in [6.07, 6.45) is 2.43. The lowest BCUT2D eigenvalue weighted by molar-refractivity contribution is 0.0608. The van der Waals surface area contributed by atoms with E-state index in [1.807, 2.05) is 36.4 Å². The molecule has 98 valence electrons. The van der Waals surface area contributed by atoms with Gasteiger partial charge in [0.25, 0.3) is 0 Å². The molecule has 2 heteroatoms. The van der Waals surface area contributed by atoms with Gasteiger partial charge in [0.05, 0.1) is 6.10 Å². The molecule has 0 bridgehead atoms. The maximum atomic E-state index is 9.89. The topological polar surface area (TPSA) is 29.5 Å². The summed E-state index contributed by atoms with van der Waals surface area (Å²) in [6, 6.07) is 18.2. The molecule has 0 aromatic heterocycles. The van der Waals surface area contributed by atoms with E-state index in [0.717, 1.165) is 36.1 Å². The van der Waals surface area contributed by atoms with Crippen LogP contribution >= 0.6 is 0 Å². The summed E-state index contributed by atoms with van der Waals surface area (Å²) in [5.74, 6) is 0.861. The van der Waals surface area contributed by atoms with Crippen molar-refractivity contribution < 1.29 is 9.84 Å². The number of rotatable bonds is 3. The Labute approximate surface area is 113 Å². The monoisotopic (exact) mass is 254 g/mol. The first-order chi connectivity index (χ1) is 9.34. The molecule has 0 radical (unpaired) electrons. The SMILES string of the molecule is OC1CCCC1Oc1ccccc1-c1ccccc1. The van der Waals surface area contributed by atoms with Crippen molar-refractivity contribution in [2.24, 2.45) is 0 Å². The van der Waals surface area contributed by atoms with Gasteiger partial charge < -0.3 is 9.84 Å². The molecule has 2 unspecified atom stereocenters. The van der Waals surface area contributed by atoms with Gasteiger partial charge in [0.2, 0.25) is 0 Å². The number of aliphatic hydroxyl groups excluding tert-OH is 1. The van der Waals surface area contributed by atoms with E-state index in [4.69, 9.17) is 4.74 Å². The van der Waals surface area contributed by atoms with Gasteiger partial charge in [-0.3, -0.25) is 0 Å². The second-order valence-electron chi connectivity index (χ2n) is 5.02. The maximum absolute atomic E-state index is 9.89. The van der Waals surface area contributed by atoms with Gasteiger partial charge in [0.1, 0.15) is 11.9 Å². The van der Waals surface area contributed by atoms with E-state index in [1.54, 1.807) is 0 Å². The average Bonchev–Trinajstić information content (AvgIpc) is 2.86. The van der Waals surface area contributed by atoms with E-state index in [0.29, 0.717) is 0 Å². The fourth-order valence-electron chi connectivity index (χ4n) is 2.63. The van der Waals surface area contributed by atoms with Gasteiger partial charge in [-0.15, -0.1) is 0 Å². The average molecular weight is 254 g/mol. The Kier molecular flexibility index (Phi) is 3.51. The summed E-state index contributed by atoms with van der Waals surface area (Å²) >= 11 is 0. The summed E-state index contributed by atoms with van der Waals surface area (Å²) in [5.41, 5.74) is 2.23. The third-order valence-corrected chi connectivity index (χ3v) is 3.67. The zero-order valence-electron chi connectivity index (χ0n) is 10.8. The molecule has 0 aliphatic heterocycles. The van der Waals surface area contributed by atoms with Crippen LogP contribution in [0.1, 0.15) is 19.3 Å². The quantitative estimate of drug-likeness (QED) is 0.906. The Morgan fingerprint density at radius 3 is 2.37 bits per heavy atom. The molecule has 19 heavy (non-hydrogen) atoms. The van der Waals surface area contributed by atoms with E-state index < -0.39 is 0 Å². The molecule has 2 aromatic rings. The summed E-state index contributed by atoms with van der Waals surface area (Å²) in [6.45, 7) is 0. The molecular formula is C17H18O2. The van der Waals surface area contributed by atoms with E-state index in [-0.39, 0.29) is 12.2 Å². The summed E-state index contributed by atoms with van der Waals surface area (Å²) in [5, 5.41) is 9.89. The molecule has 2 aromatic carbocycles. The van der Waals surface area contributed by atoms with Crippen LogP contribution < -0.4 is 4.74 Å². The Morgan fingerprint density at radius 1 is 0.895 bits per heavy atom. The van der Waals surface area contributed by atoms with Crippen molar-refractivity contribution in [3.63, 3.8) is 0 Å². The third-order valence-electron chi connectivity index (χ3n) is 3.67. The minimum Gasteiger partial charge on any atom is -0.487 e. The largest absolute Gasteiger partial charge is 0.487 e. The highest BCUT2D eigenvalue weighted by Crippen LogP contribution is 2.33. The van der Waals surface area contributed by atoms with Crippen LogP contribution in [0.4, 0.5) is 0 Å². The molecule has 2 nitrogen and oxygen atoms in total. The molecule has 3 rings (SSSR count). The fraction of sp³-hybridized carbons (Fsp3) is 0.294. The van der Waals surface area contributed by atoms with E-state index >= 15 is 0 Å². The van der Waals surface area contributed by atoms with Crippen LogP contribution in [0.25, 0.3) is 11.1 Å². The van der Waals surface area contributed by atoms with Gasteiger partial charge in [-0.05, 0) is 30.9 Å². The molecule has 2 atom stereocenters. The van der Waals surface area contributed by atoms with Crippen molar-refractivity contribution in [2.75, 3.05) is 0 Å². The van der Waals surface area contributed by atoms with Crippen molar-refractivity contribution in [3.8, 4) is 16.9 Å². The molecule has 1 N–H and O–H groups in total. The number of hydrogen-bond donors (Lipinski definition) is 1. The van der Waals surface area contributed by atoms with Crippen LogP contribution in [0, 0.1) is 0 Å². The van der Waals surface area contributed by atoms with Crippen LogP contribution in [0.15, 0.2) is 54.6 Å². The van der Waals surface area contributed by atoms with Crippen molar-refractivity contribution in [2.45, 2.75) is 31.5 Å². The van der Waals surface area contributed by atoms with Crippen molar-refractivity contribution >= 4 is 0 Å². The lowest BCUT2D eigenvalue weighted by Gasteiger charge is -2.19. The summed E-state index contributed by atoms with van der Waals surface area (Å²) < 4.78 is 6.02. The minimum absolute atomic E-state index is 0.0649. The van der Waals surface area contributed by atoms with Crippen LogP contribution in [-0.2, 0) is 0 Å². The molecule has 0 heterocycles. The number of benzene rings is 2. The zero-order chi connectivity index (χ0) is 13.1. The lowest BCUT2D eigenvalue weighted by Crippen LogP contribution is -2.25. The smallest absolute Gasteiger partial charge is 0.127 e. The highest BCUT2D eigenvalue weighted by molar-refractivity contribution is 5.70. The highest BCUT2D eigenvalue weighted by Gasteiger charge is 2.27. The summed E-state index contributed by atoms with van der Waals surface area (Å²) in [4.78, 5) is 0. The Morgan fingerprint density at radius 2 is 1.63 bits per heavy atom. The van der Waals surface area contributed by atoms with Crippen LogP contribution in [0.3, 0.4) is 0 Å². The molecule has 1 fully saturated rings. The Bertz CT molecular complexity index is 536. The number of aliphatic hydroxyl groups is 1. The molecule has 1 aliphatic rings. The van der Waals surface area contributed by atoms with Gasteiger partial charge in [-0.25, -0.2) is 0 Å². The van der Waals surface area contributed by atoms with Crippen molar-refractivity contribution in [1.29, 1.82) is 0 Å². The van der Waals surface area contributed by atoms with Crippen molar-refractivity contribution in [1.82, 2.24) is 0 Å². The fourth-order valence-corrected chi connectivity index (χ4v) is 2.63. The predicted octanol–water partition coefficient (Wildman–Crippen LogP) is 3.65. The molecule has 1 aliphatic carbocycles.